The fourth-order valence-corrected chi connectivity index (χ4v) is 2.10. The molecule has 0 aliphatic carbocycles. The number of methoxy groups -OCH3 is 1. The highest BCUT2D eigenvalue weighted by Gasteiger charge is 2.13. The maximum absolute atomic E-state index is 11.8. The van der Waals surface area contributed by atoms with Crippen LogP contribution in [0.2, 0.25) is 0 Å². The number of nitrogens with two attached hydrogens (primary N) is 1. The normalized spacial score (nSPS) is 10.2. The molecule has 0 aliphatic rings. The number of nitrogens with one attached hydrogen (secondary N) is 1. The zero-order valence-corrected chi connectivity index (χ0v) is 11.9. The van der Waals surface area contributed by atoms with Crippen LogP contribution in [-0.4, -0.2) is 13.1 Å². The quantitative estimate of drug-likeness (QED) is 0.662. The van der Waals surface area contributed by atoms with Crippen molar-refractivity contribution in [3.63, 3.8) is 0 Å². The Hall–Kier alpha value is -2.49. The van der Waals surface area contributed by atoms with Crippen molar-refractivity contribution in [2.45, 2.75) is 13.8 Å². The first-order valence-electron chi connectivity index (χ1n) is 6.34. The van der Waals surface area contributed by atoms with Gasteiger partial charge in [-0.1, -0.05) is 18.2 Å². The Labute approximate surface area is 118 Å². The van der Waals surface area contributed by atoms with Gasteiger partial charge >= 0.3 is 5.97 Å². The fraction of sp³-hybridized carbons (Fsp3) is 0.188. The molecule has 0 fully saturated rings. The summed E-state index contributed by atoms with van der Waals surface area (Å²) in [5, 5.41) is 3.30. The van der Waals surface area contributed by atoms with E-state index in [1.165, 1.54) is 7.11 Å². The monoisotopic (exact) mass is 270 g/mol. The van der Waals surface area contributed by atoms with Gasteiger partial charge in [0, 0.05) is 11.4 Å². The van der Waals surface area contributed by atoms with Gasteiger partial charge in [-0.3, -0.25) is 0 Å². The number of hydrogen-bond acceptors (Lipinski definition) is 4. The first-order valence-corrected chi connectivity index (χ1v) is 6.34. The van der Waals surface area contributed by atoms with E-state index < -0.39 is 5.97 Å². The lowest BCUT2D eigenvalue weighted by Crippen LogP contribution is -2.07. The van der Waals surface area contributed by atoms with Gasteiger partial charge in [-0.15, -0.1) is 0 Å². The third-order valence-electron chi connectivity index (χ3n) is 3.19. The third-order valence-corrected chi connectivity index (χ3v) is 3.19. The Bertz CT molecular complexity index is 631. The van der Waals surface area contributed by atoms with Crippen molar-refractivity contribution < 1.29 is 9.53 Å². The molecule has 0 unspecified atom stereocenters. The second kappa shape index (κ2) is 5.65. The summed E-state index contributed by atoms with van der Waals surface area (Å²) in [5.41, 5.74) is 10.6. The molecule has 4 heteroatoms. The molecule has 0 heterocycles. The summed E-state index contributed by atoms with van der Waals surface area (Å²) in [6, 6.07) is 11.2. The number of para-hydroxylation sites is 1. The van der Waals surface area contributed by atoms with Crippen LogP contribution in [0.25, 0.3) is 0 Å². The molecule has 20 heavy (non-hydrogen) atoms. The average Bonchev–Trinajstić information content (AvgIpc) is 2.43. The van der Waals surface area contributed by atoms with E-state index in [0.29, 0.717) is 16.9 Å². The minimum atomic E-state index is -0.411. The summed E-state index contributed by atoms with van der Waals surface area (Å²) in [6.07, 6.45) is 0. The summed E-state index contributed by atoms with van der Waals surface area (Å²) < 4.78 is 4.80. The van der Waals surface area contributed by atoms with Crippen LogP contribution >= 0.6 is 0 Å². The molecule has 2 aromatic carbocycles. The summed E-state index contributed by atoms with van der Waals surface area (Å²) >= 11 is 0. The van der Waals surface area contributed by atoms with Crippen LogP contribution in [-0.2, 0) is 4.74 Å². The van der Waals surface area contributed by atoms with Crippen molar-refractivity contribution in [2.75, 3.05) is 18.2 Å². The smallest absolute Gasteiger partial charge is 0.340 e. The largest absolute Gasteiger partial charge is 0.465 e. The Morgan fingerprint density at radius 3 is 2.40 bits per heavy atom. The van der Waals surface area contributed by atoms with E-state index in [4.69, 9.17) is 10.5 Å². The predicted molar refractivity (Wildman–Crippen MR) is 81.4 cm³/mol. The van der Waals surface area contributed by atoms with Crippen LogP contribution < -0.4 is 11.1 Å². The van der Waals surface area contributed by atoms with Gasteiger partial charge in [-0.25, -0.2) is 4.79 Å². The average molecular weight is 270 g/mol. The molecule has 0 aliphatic heterocycles. The van der Waals surface area contributed by atoms with Crippen molar-refractivity contribution in [3.05, 3.63) is 53.1 Å². The first-order chi connectivity index (χ1) is 9.52. The minimum Gasteiger partial charge on any atom is -0.465 e. The molecule has 3 N–H and O–H groups in total. The van der Waals surface area contributed by atoms with Crippen molar-refractivity contribution in [2.24, 2.45) is 0 Å². The van der Waals surface area contributed by atoms with E-state index in [0.717, 1.165) is 16.8 Å². The molecular formula is C16H18N2O2. The zero-order chi connectivity index (χ0) is 14.7. The number of anilines is 3. The molecule has 0 radical (unpaired) electrons. The van der Waals surface area contributed by atoms with E-state index in [1.54, 1.807) is 18.2 Å². The second-order valence-electron chi connectivity index (χ2n) is 4.69. The van der Waals surface area contributed by atoms with E-state index >= 15 is 0 Å². The van der Waals surface area contributed by atoms with Crippen molar-refractivity contribution in [1.29, 1.82) is 0 Å². The molecule has 0 saturated carbocycles. The van der Waals surface area contributed by atoms with Crippen LogP contribution in [0.3, 0.4) is 0 Å². The topological polar surface area (TPSA) is 64.3 Å². The number of carbonyl (C=O) groups is 1. The standard InChI is InChI=1S/C16H18N2O2/c1-10-5-4-6-11(2)15(10)18-14-8-7-12(17)9-13(14)16(19)20-3/h4-9,18H,17H2,1-3H3. The lowest BCUT2D eigenvalue weighted by molar-refractivity contribution is 0.0602. The minimum absolute atomic E-state index is 0.411. The van der Waals surface area contributed by atoms with E-state index in [1.807, 2.05) is 32.0 Å². The molecule has 2 aromatic rings. The van der Waals surface area contributed by atoms with E-state index in [-0.39, 0.29) is 0 Å². The SMILES string of the molecule is COC(=O)c1cc(N)ccc1Nc1c(C)cccc1C. The maximum atomic E-state index is 11.8. The summed E-state index contributed by atoms with van der Waals surface area (Å²) in [6.45, 7) is 4.04. The summed E-state index contributed by atoms with van der Waals surface area (Å²) in [7, 11) is 1.36. The number of benzene rings is 2. The first kappa shape index (κ1) is 13.9. The van der Waals surface area contributed by atoms with Crippen LogP contribution in [0.1, 0.15) is 21.5 Å². The van der Waals surface area contributed by atoms with Crippen molar-refractivity contribution >= 4 is 23.0 Å². The maximum Gasteiger partial charge on any atom is 0.340 e. The Kier molecular flexibility index (Phi) is 3.94. The van der Waals surface area contributed by atoms with Gasteiger partial charge < -0.3 is 15.8 Å². The molecule has 0 atom stereocenters. The van der Waals surface area contributed by atoms with Crippen LogP contribution in [0.4, 0.5) is 17.1 Å². The van der Waals surface area contributed by atoms with Gasteiger partial charge in [-0.2, -0.15) is 0 Å². The Morgan fingerprint density at radius 2 is 1.80 bits per heavy atom. The number of nitrogen functional groups attached to an aromatic ring is 1. The van der Waals surface area contributed by atoms with Crippen LogP contribution in [0.5, 0.6) is 0 Å². The van der Waals surface area contributed by atoms with Crippen molar-refractivity contribution in [3.8, 4) is 0 Å². The van der Waals surface area contributed by atoms with Crippen LogP contribution in [0.15, 0.2) is 36.4 Å². The summed E-state index contributed by atoms with van der Waals surface area (Å²) in [5.74, 6) is -0.411. The van der Waals surface area contributed by atoms with Gasteiger partial charge in [0.25, 0.3) is 0 Å². The van der Waals surface area contributed by atoms with E-state index in [9.17, 15) is 4.79 Å². The van der Waals surface area contributed by atoms with Gasteiger partial charge in [0.2, 0.25) is 0 Å². The highest BCUT2D eigenvalue weighted by Crippen LogP contribution is 2.28. The number of esters is 1. The zero-order valence-electron chi connectivity index (χ0n) is 11.9. The molecule has 0 amide bonds. The molecule has 4 nitrogen and oxygen atoms in total. The molecule has 104 valence electrons. The molecule has 0 aromatic heterocycles. The second-order valence-corrected chi connectivity index (χ2v) is 4.69. The number of hydrogen-bond donors (Lipinski definition) is 2. The fourth-order valence-electron chi connectivity index (χ4n) is 2.10. The lowest BCUT2D eigenvalue weighted by atomic mass is 10.1. The number of rotatable bonds is 3. The number of ether oxygens (including phenoxy) is 1. The summed E-state index contributed by atoms with van der Waals surface area (Å²) in [4.78, 5) is 11.8. The third kappa shape index (κ3) is 2.74. The number of carbonyl (C=O) groups excluding carboxylic acids is 1. The lowest BCUT2D eigenvalue weighted by Gasteiger charge is -2.15. The Balaban J connectivity index is 2.46. The van der Waals surface area contributed by atoms with Gasteiger partial charge in [0.05, 0.1) is 18.4 Å². The molecule has 0 bridgehead atoms. The molecular weight excluding hydrogens is 252 g/mol. The van der Waals surface area contributed by atoms with Gasteiger partial charge in [-0.05, 0) is 43.2 Å². The van der Waals surface area contributed by atoms with Crippen molar-refractivity contribution in [1.82, 2.24) is 0 Å². The number of aryl methyl sites for hydroxylation is 2. The molecule has 0 spiro atoms. The van der Waals surface area contributed by atoms with Crippen LogP contribution in [0, 0.1) is 13.8 Å². The predicted octanol–water partition coefficient (Wildman–Crippen LogP) is 3.42. The highest BCUT2D eigenvalue weighted by molar-refractivity contribution is 5.97. The Morgan fingerprint density at radius 1 is 1.15 bits per heavy atom. The molecule has 2 rings (SSSR count). The van der Waals surface area contributed by atoms with E-state index in [2.05, 4.69) is 5.32 Å². The van der Waals surface area contributed by atoms with Gasteiger partial charge in [0.1, 0.15) is 0 Å². The molecule has 0 saturated heterocycles. The van der Waals surface area contributed by atoms with Gasteiger partial charge in [0.15, 0.2) is 0 Å². The highest BCUT2D eigenvalue weighted by atomic mass is 16.5.